The van der Waals surface area contributed by atoms with Crippen molar-refractivity contribution in [3.05, 3.63) is 65.7 Å². The van der Waals surface area contributed by atoms with E-state index in [4.69, 9.17) is 0 Å². The molecule has 2 heterocycles. The van der Waals surface area contributed by atoms with Gasteiger partial charge in [0.2, 0.25) is 11.1 Å². The summed E-state index contributed by atoms with van der Waals surface area (Å²) in [5, 5.41) is 12.5. The number of likely N-dealkylation sites (tertiary alicyclic amines) is 1. The number of rotatable bonds is 5. The van der Waals surface area contributed by atoms with Gasteiger partial charge in [-0.1, -0.05) is 59.8 Å². The Hall–Kier alpha value is -2.67. The zero-order valence-electron chi connectivity index (χ0n) is 15.9. The number of thioether (sulfide) groups is 1. The van der Waals surface area contributed by atoms with Crippen molar-refractivity contribution in [3.63, 3.8) is 0 Å². The molecule has 2 aromatic carbocycles. The van der Waals surface area contributed by atoms with E-state index in [0.717, 1.165) is 37.2 Å². The fraction of sp³-hybridized carbons (Fsp3) is 0.333. The summed E-state index contributed by atoms with van der Waals surface area (Å²) in [7, 11) is 0. The summed E-state index contributed by atoms with van der Waals surface area (Å²) in [6.07, 6.45) is 3.33. The molecule has 0 aliphatic carbocycles. The zero-order valence-corrected chi connectivity index (χ0v) is 16.7. The highest BCUT2D eigenvalue weighted by atomic mass is 32.2. The van der Waals surface area contributed by atoms with Crippen LogP contribution in [0.2, 0.25) is 0 Å². The molecule has 1 amide bonds. The van der Waals surface area contributed by atoms with Crippen molar-refractivity contribution in [1.29, 1.82) is 0 Å². The van der Waals surface area contributed by atoms with E-state index < -0.39 is 0 Å². The highest BCUT2D eigenvalue weighted by Crippen LogP contribution is 2.36. The molecule has 1 aromatic heterocycles. The highest BCUT2D eigenvalue weighted by Gasteiger charge is 2.30. The van der Waals surface area contributed by atoms with Gasteiger partial charge in [0.05, 0.1) is 5.69 Å². The summed E-state index contributed by atoms with van der Waals surface area (Å²) in [6.45, 7) is 3.69. The molecule has 0 saturated carbocycles. The largest absolute Gasteiger partial charge is 0.341 e. The van der Waals surface area contributed by atoms with Crippen LogP contribution in [0, 0.1) is 6.92 Å². The first-order valence-electron chi connectivity index (χ1n) is 9.58. The van der Waals surface area contributed by atoms with Gasteiger partial charge in [0.15, 0.2) is 0 Å². The minimum atomic E-state index is -0.366. The first-order valence-corrected chi connectivity index (χ1v) is 10.5. The van der Waals surface area contributed by atoms with Gasteiger partial charge in [0.1, 0.15) is 5.25 Å². The summed E-state index contributed by atoms with van der Waals surface area (Å²) >= 11 is 1.41. The second-order valence-electron chi connectivity index (χ2n) is 7.00. The van der Waals surface area contributed by atoms with E-state index >= 15 is 0 Å². The van der Waals surface area contributed by atoms with Crippen molar-refractivity contribution >= 4 is 17.7 Å². The molecule has 1 aliphatic heterocycles. The fourth-order valence-corrected chi connectivity index (χ4v) is 4.45. The van der Waals surface area contributed by atoms with Crippen molar-refractivity contribution in [1.82, 2.24) is 25.1 Å². The molecule has 1 aliphatic rings. The molecule has 7 heteroatoms. The lowest BCUT2D eigenvalue weighted by atomic mass is 10.1. The zero-order chi connectivity index (χ0) is 19.3. The molecular weight excluding hydrogens is 370 g/mol. The number of piperidine rings is 1. The SMILES string of the molecule is Cc1ccc(-n2nnnc2S[C@@H](C(=O)N2CCCCC2)c2ccccc2)cc1. The molecule has 6 nitrogen and oxygen atoms in total. The van der Waals surface area contributed by atoms with Crippen LogP contribution in [0.4, 0.5) is 0 Å². The Labute approximate surface area is 168 Å². The minimum Gasteiger partial charge on any atom is -0.341 e. The molecule has 1 saturated heterocycles. The molecule has 1 atom stereocenters. The van der Waals surface area contributed by atoms with Crippen LogP contribution in [0.1, 0.15) is 35.6 Å². The lowest BCUT2D eigenvalue weighted by Gasteiger charge is -2.30. The average molecular weight is 394 g/mol. The maximum absolute atomic E-state index is 13.3. The summed E-state index contributed by atoms with van der Waals surface area (Å²) in [6, 6.07) is 17.9. The lowest BCUT2D eigenvalue weighted by Crippen LogP contribution is -2.38. The van der Waals surface area contributed by atoms with Crippen LogP contribution in [0.5, 0.6) is 0 Å². The van der Waals surface area contributed by atoms with Crippen LogP contribution in [0.25, 0.3) is 5.69 Å². The lowest BCUT2D eigenvalue weighted by molar-refractivity contribution is -0.131. The third kappa shape index (κ3) is 4.09. The van der Waals surface area contributed by atoms with Crippen LogP contribution in [0.15, 0.2) is 59.8 Å². The van der Waals surface area contributed by atoms with Crippen molar-refractivity contribution in [2.24, 2.45) is 0 Å². The fourth-order valence-electron chi connectivity index (χ4n) is 3.37. The van der Waals surface area contributed by atoms with Gasteiger partial charge in [-0.25, -0.2) is 0 Å². The summed E-state index contributed by atoms with van der Waals surface area (Å²) < 4.78 is 1.70. The first kappa shape index (κ1) is 18.7. The topological polar surface area (TPSA) is 63.9 Å². The number of benzene rings is 2. The van der Waals surface area contributed by atoms with Crippen molar-refractivity contribution in [2.75, 3.05) is 13.1 Å². The van der Waals surface area contributed by atoms with E-state index in [1.54, 1.807) is 4.68 Å². The van der Waals surface area contributed by atoms with E-state index in [-0.39, 0.29) is 11.2 Å². The Kier molecular flexibility index (Phi) is 5.71. The third-order valence-electron chi connectivity index (χ3n) is 4.94. The quantitative estimate of drug-likeness (QED) is 0.617. The van der Waals surface area contributed by atoms with Gasteiger partial charge in [-0.3, -0.25) is 4.79 Å². The van der Waals surface area contributed by atoms with Crippen LogP contribution in [0.3, 0.4) is 0 Å². The van der Waals surface area contributed by atoms with Gasteiger partial charge in [0, 0.05) is 13.1 Å². The molecule has 4 rings (SSSR count). The van der Waals surface area contributed by atoms with Gasteiger partial charge >= 0.3 is 0 Å². The average Bonchev–Trinajstić information content (AvgIpc) is 3.21. The summed E-state index contributed by atoms with van der Waals surface area (Å²) in [5.74, 6) is 0.134. The Morgan fingerprint density at radius 3 is 2.43 bits per heavy atom. The number of amides is 1. The number of tetrazole rings is 1. The van der Waals surface area contributed by atoms with Gasteiger partial charge < -0.3 is 4.90 Å². The van der Waals surface area contributed by atoms with E-state index in [9.17, 15) is 4.79 Å². The number of aromatic nitrogens is 4. The van der Waals surface area contributed by atoms with Crippen LogP contribution in [-0.2, 0) is 4.79 Å². The predicted octanol–water partition coefficient (Wildman–Crippen LogP) is 3.82. The van der Waals surface area contributed by atoms with Crippen LogP contribution >= 0.6 is 11.8 Å². The van der Waals surface area contributed by atoms with Crippen molar-refractivity contribution in [2.45, 2.75) is 36.6 Å². The van der Waals surface area contributed by atoms with Crippen LogP contribution < -0.4 is 0 Å². The van der Waals surface area contributed by atoms with Crippen molar-refractivity contribution < 1.29 is 4.79 Å². The number of aryl methyl sites for hydroxylation is 1. The summed E-state index contributed by atoms with van der Waals surface area (Å²) in [5.41, 5.74) is 3.03. The number of carbonyl (C=O) groups is 1. The molecule has 144 valence electrons. The van der Waals surface area contributed by atoms with Crippen LogP contribution in [-0.4, -0.2) is 44.1 Å². The molecular formula is C21H23N5OS. The van der Waals surface area contributed by atoms with Gasteiger partial charge in [0.25, 0.3) is 0 Å². The van der Waals surface area contributed by atoms with E-state index in [2.05, 4.69) is 15.5 Å². The Morgan fingerprint density at radius 1 is 1.00 bits per heavy atom. The molecule has 0 bridgehead atoms. The van der Waals surface area contributed by atoms with E-state index in [0.29, 0.717) is 5.16 Å². The highest BCUT2D eigenvalue weighted by molar-refractivity contribution is 8.00. The second kappa shape index (κ2) is 8.56. The molecule has 0 spiro atoms. The molecule has 0 unspecified atom stereocenters. The molecule has 28 heavy (non-hydrogen) atoms. The van der Waals surface area contributed by atoms with Gasteiger partial charge in [-0.15, -0.1) is 5.10 Å². The van der Waals surface area contributed by atoms with Gasteiger partial charge in [-0.05, 0) is 54.3 Å². The van der Waals surface area contributed by atoms with E-state index in [1.165, 1.54) is 23.7 Å². The predicted molar refractivity (Wildman–Crippen MR) is 109 cm³/mol. The Bertz CT molecular complexity index is 919. The standard InChI is InChI=1S/C21H23N5OS/c1-16-10-12-18(13-11-16)26-21(22-23-24-26)28-19(17-8-4-2-5-9-17)20(27)25-14-6-3-7-15-25/h2,4-5,8-13,19H,3,6-7,14-15H2,1H3/t19-/m1/s1. The Balaban J connectivity index is 1.64. The number of hydrogen-bond donors (Lipinski definition) is 0. The van der Waals surface area contributed by atoms with Crippen molar-refractivity contribution in [3.8, 4) is 5.69 Å². The molecule has 1 fully saturated rings. The maximum atomic E-state index is 13.3. The Morgan fingerprint density at radius 2 is 1.71 bits per heavy atom. The molecule has 0 N–H and O–H groups in total. The monoisotopic (exact) mass is 393 g/mol. The molecule has 3 aromatic rings. The number of hydrogen-bond acceptors (Lipinski definition) is 5. The first-order chi connectivity index (χ1) is 13.7. The summed E-state index contributed by atoms with van der Waals surface area (Å²) in [4.78, 5) is 15.3. The normalized spacial score (nSPS) is 15.4. The maximum Gasteiger partial charge on any atom is 0.240 e. The van der Waals surface area contributed by atoms with E-state index in [1.807, 2.05) is 66.4 Å². The second-order valence-corrected chi connectivity index (χ2v) is 8.08. The molecule has 0 radical (unpaired) electrons. The van der Waals surface area contributed by atoms with Gasteiger partial charge in [-0.2, -0.15) is 4.68 Å². The smallest absolute Gasteiger partial charge is 0.240 e. The number of nitrogens with zero attached hydrogens (tertiary/aromatic N) is 5. The third-order valence-corrected chi connectivity index (χ3v) is 6.11. The number of carbonyl (C=O) groups excluding carboxylic acids is 1. The minimum absolute atomic E-state index is 0.134.